The van der Waals surface area contributed by atoms with Crippen molar-refractivity contribution in [3.05, 3.63) is 47.2 Å². The Morgan fingerprint density at radius 2 is 1.94 bits per heavy atom. The molecule has 0 saturated carbocycles. The predicted molar refractivity (Wildman–Crippen MR) is 61.2 cm³/mol. The van der Waals surface area contributed by atoms with Gasteiger partial charge in [0.2, 0.25) is 5.78 Å². The molecule has 4 nitrogen and oxygen atoms in total. The maximum Gasteiger partial charge on any atom is 0.208 e. The fraction of sp³-hybridized carbons (Fsp3) is 0.182. The van der Waals surface area contributed by atoms with Crippen LogP contribution in [0.4, 0.5) is 0 Å². The standard InChI is InChI=1S/C11H11NO3S/c1-16(14,15)10-4-2-3-8-7(10)5-6-9(12)11(8)13/h2-6,10H,12H2,1H3. The summed E-state index contributed by atoms with van der Waals surface area (Å²) in [5.41, 5.74) is 6.51. The van der Waals surface area contributed by atoms with Crippen LogP contribution in [-0.2, 0) is 14.6 Å². The van der Waals surface area contributed by atoms with Crippen LogP contribution in [0.15, 0.2) is 47.2 Å². The highest BCUT2D eigenvalue weighted by atomic mass is 32.2. The van der Waals surface area contributed by atoms with Crippen molar-refractivity contribution in [1.29, 1.82) is 0 Å². The summed E-state index contributed by atoms with van der Waals surface area (Å²) in [6.45, 7) is 0. The molecule has 84 valence electrons. The van der Waals surface area contributed by atoms with Gasteiger partial charge in [0.15, 0.2) is 9.84 Å². The molecule has 2 N–H and O–H groups in total. The SMILES string of the molecule is CS(=O)(=O)C1C=CC=C2C(=O)C(N)=CC=C21. The molecule has 0 aliphatic heterocycles. The van der Waals surface area contributed by atoms with Crippen LogP contribution in [0.3, 0.4) is 0 Å². The Labute approximate surface area is 93.7 Å². The molecule has 0 aromatic carbocycles. The summed E-state index contributed by atoms with van der Waals surface area (Å²) in [6, 6.07) is 0. The van der Waals surface area contributed by atoms with Crippen molar-refractivity contribution in [1.82, 2.24) is 0 Å². The third-order valence-electron chi connectivity index (χ3n) is 2.58. The quantitative estimate of drug-likeness (QED) is 0.709. The number of hydrogen-bond acceptors (Lipinski definition) is 4. The lowest BCUT2D eigenvalue weighted by molar-refractivity contribution is -0.112. The first-order chi connectivity index (χ1) is 7.41. The number of nitrogens with two attached hydrogens (primary N) is 1. The van der Waals surface area contributed by atoms with Gasteiger partial charge in [-0.15, -0.1) is 0 Å². The lowest BCUT2D eigenvalue weighted by atomic mass is 9.89. The summed E-state index contributed by atoms with van der Waals surface area (Å²) in [6.07, 6.45) is 8.93. The summed E-state index contributed by atoms with van der Waals surface area (Å²) in [4.78, 5) is 11.7. The number of ketones is 1. The molecule has 0 aromatic rings. The number of hydrogen-bond donors (Lipinski definition) is 1. The van der Waals surface area contributed by atoms with E-state index in [1.807, 2.05) is 0 Å². The lowest BCUT2D eigenvalue weighted by Crippen LogP contribution is -2.28. The molecular formula is C11H11NO3S. The predicted octanol–water partition coefficient (Wildman–Crippen LogP) is 0.248. The van der Waals surface area contributed by atoms with Crippen LogP contribution in [0, 0.1) is 0 Å². The molecule has 0 spiro atoms. The van der Waals surface area contributed by atoms with Crippen molar-refractivity contribution in [3.8, 4) is 0 Å². The van der Waals surface area contributed by atoms with E-state index >= 15 is 0 Å². The molecule has 1 atom stereocenters. The Morgan fingerprint density at radius 1 is 1.25 bits per heavy atom. The van der Waals surface area contributed by atoms with Gasteiger partial charge in [-0.05, 0) is 11.6 Å². The normalized spacial score (nSPS) is 24.4. The van der Waals surface area contributed by atoms with Crippen molar-refractivity contribution < 1.29 is 13.2 Å². The minimum absolute atomic E-state index is 0.137. The Balaban J connectivity index is 2.57. The molecule has 0 amide bonds. The van der Waals surface area contributed by atoms with E-state index in [1.165, 1.54) is 6.08 Å². The van der Waals surface area contributed by atoms with Crippen LogP contribution in [0.1, 0.15) is 0 Å². The first-order valence-corrected chi connectivity index (χ1v) is 6.66. The smallest absolute Gasteiger partial charge is 0.208 e. The topological polar surface area (TPSA) is 77.2 Å². The van der Waals surface area contributed by atoms with Gasteiger partial charge < -0.3 is 5.73 Å². The maximum atomic E-state index is 11.7. The van der Waals surface area contributed by atoms with E-state index in [0.717, 1.165) is 6.26 Å². The number of rotatable bonds is 1. The molecular weight excluding hydrogens is 226 g/mol. The molecule has 2 aliphatic carbocycles. The van der Waals surface area contributed by atoms with E-state index in [0.29, 0.717) is 11.1 Å². The van der Waals surface area contributed by atoms with Crippen molar-refractivity contribution in [2.75, 3.05) is 6.26 Å². The second-order valence-electron chi connectivity index (χ2n) is 3.79. The van der Waals surface area contributed by atoms with Gasteiger partial charge in [0, 0.05) is 11.8 Å². The Bertz CT molecular complexity index is 576. The minimum atomic E-state index is -3.26. The third-order valence-corrected chi connectivity index (χ3v) is 3.91. The summed E-state index contributed by atoms with van der Waals surface area (Å²) in [5.74, 6) is -0.310. The van der Waals surface area contributed by atoms with Crippen molar-refractivity contribution >= 4 is 15.6 Å². The van der Waals surface area contributed by atoms with Crippen LogP contribution in [0.25, 0.3) is 0 Å². The zero-order valence-corrected chi connectivity index (χ0v) is 9.49. The second-order valence-corrected chi connectivity index (χ2v) is 5.96. The van der Waals surface area contributed by atoms with Gasteiger partial charge in [0.25, 0.3) is 0 Å². The second kappa shape index (κ2) is 3.45. The fourth-order valence-corrected chi connectivity index (χ4v) is 2.82. The van der Waals surface area contributed by atoms with E-state index in [-0.39, 0.29) is 11.5 Å². The molecule has 0 heterocycles. The largest absolute Gasteiger partial charge is 0.396 e. The van der Waals surface area contributed by atoms with Crippen LogP contribution in [-0.4, -0.2) is 25.7 Å². The number of carbonyl (C=O) groups is 1. The van der Waals surface area contributed by atoms with Gasteiger partial charge in [-0.2, -0.15) is 0 Å². The van der Waals surface area contributed by atoms with E-state index in [9.17, 15) is 13.2 Å². The number of fused-ring (bicyclic) bond motifs is 1. The number of Topliss-reactive ketones (excluding diaryl/α,β-unsaturated/α-hetero) is 1. The van der Waals surface area contributed by atoms with Gasteiger partial charge >= 0.3 is 0 Å². The van der Waals surface area contributed by atoms with Gasteiger partial charge in [-0.1, -0.05) is 24.3 Å². The highest BCUT2D eigenvalue weighted by Crippen LogP contribution is 2.29. The monoisotopic (exact) mass is 237 g/mol. The first kappa shape index (κ1) is 10.9. The zero-order valence-electron chi connectivity index (χ0n) is 8.67. The Kier molecular flexibility index (Phi) is 2.35. The summed E-state index contributed by atoms with van der Waals surface area (Å²) in [7, 11) is -3.26. The zero-order chi connectivity index (χ0) is 11.9. The number of carbonyl (C=O) groups excluding carboxylic acids is 1. The summed E-state index contributed by atoms with van der Waals surface area (Å²) < 4.78 is 23.1. The summed E-state index contributed by atoms with van der Waals surface area (Å²) in [5, 5.41) is -0.749. The molecule has 1 unspecified atom stereocenters. The lowest BCUT2D eigenvalue weighted by Gasteiger charge is -2.22. The number of allylic oxidation sites excluding steroid dienone is 5. The van der Waals surface area contributed by atoms with E-state index in [1.54, 1.807) is 24.3 Å². The Morgan fingerprint density at radius 3 is 2.56 bits per heavy atom. The maximum absolute atomic E-state index is 11.7. The third kappa shape index (κ3) is 1.63. The highest BCUT2D eigenvalue weighted by molar-refractivity contribution is 7.91. The van der Waals surface area contributed by atoms with Crippen molar-refractivity contribution in [2.45, 2.75) is 5.25 Å². The molecule has 5 heteroatoms. The van der Waals surface area contributed by atoms with E-state index in [2.05, 4.69) is 0 Å². The number of sulfone groups is 1. The molecule has 0 fully saturated rings. The molecule has 2 aliphatic rings. The van der Waals surface area contributed by atoms with Crippen LogP contribution >= 0.6 is 0 Å². The van der Waals surface area contributed by atoms with Gasteiger partial charge in [0.05, 0.1) is 5.70 Å². The van der Waals surface area contributed by atoms with Crippen LogP contribution in [0.2, 0.25) is 0 Å². The molecule has 16 heavy (non-hydrogen) atoms. The van der Waals surface area contributed by atoms with Gasteiger partial charge in [-0.25, -0.2) is 8.42 Å². The molecule has 0 saturated heterocycles. The van der Waals surface area contributed by atoms with E-state index < -0.39 is 15.1 Å². The van der Waals surface area contributed by atoms with E-state index in [4.69, 9.17) is 5.73 Å². The van der Waals surface area contributed by atoms with Gasteiger partial charge in [-0.3, -0.25) is 4.79 Å². The van der Waals surface area contributed by atoms with Crippen molar-refractivity contribution in [2.24, 2.45) is 5.73 Å². The molecule has 2 rings (SSSR count). The fourth-order valence-electron chi connectivity index (χ4n) is 1.78. The highest BCUT2D eigenvalue weighted by Gasteiger charge is 2.31. The first-order valence-electron chi connectivity index (χ1n) is 4.71. The average Bonchev–Trinajstić information content (AvgIpc) is 2.21. The van der Waals surface area contributed by atoms with Crippen LogP contribution in [0.5, 0.6) is 0 Å². The van der Waals surface area contributed by atoms with Crippen LogP contribution < -0.4 is 5.73 Å². The van der Waals surface area contributed by atoms with Gasteiger partial charge in [0.1, 0.15) is 5.25 Å². The molecule has 0 aromatic heterocycles. The Hall–Kier alpha value is -1.62. The average molecular weight is 237 g/mol. The molecule has 0 bridgehead atoms. The minimum Gasteiger partial charge on any atom is -0.396 e. The molecule has 0 radical (unpaired) electrons. The van der Waals surface area contributed by atoms with Crippen molar-refractivity contribution in [3.63, 3.8) is 0 Å². The summed E-state index contributed by atoms with van der Waals surface area (Å²) >= 11 is 0.